The van der Waals surface area contributed by atoms with E-state index in [1.54, 1.807) is 0 Å². The van der Waals surface area contributed by atoms with Crippen LogP contribution >= 0.6 is 0 Å². The van der Waals surface area contributed by atoms with Gasteiger partial charge in [0.15, 0.2) is 0 Å². The summed E-state index contributed by atoms with van der Waals surface area (Å²) in [6.07, 6.45) is 9.01. The fraction of sp³-hybridized carbons (Fsp3) is 0.714. The number of aliphatic hydroxyl groups is 1. The zero-order chi connectivity index (χ0) is 11.5. The van der Waals surface area contributed by atoms with E-state index in [9.17, 15) is 0 Å². The molecule has 1 aliphatic rings. The third kappa shape index (κ3) is 2.72. The van der Waals surface area contributed by atoms with Crippen LogP contribution in [0, 0.1) is 17.3 Å². The lowest BCUT2D eigenvalue weighted by molar-refractivity contribution is 0.248. The molecule has 0 aliphatic heterocycles. The van der Waals surface area contributed by atoms with Gasteiger partial charge in [0.1, 0.15) is 0 Å². The minimum atomic E-state index is 0.270. The van der Waals surface area contributed by atoms with Gasteiger partial charge >= 0.3 is 0 Å². The first kappa shape index (κ1) is 12.5. The van der Waals surface area contributed by atoms with Crippen molar-refractivity contribution in [1.82, 2.24) is 0 Å². The van der Waals surface area contributed by atoms with Crippen LogP contribution in [0.4, 0.5) is 0 Å². The molecule has 1 nitrogen and oxygen atoms in total. The predicted octanol–water partition coefficient (Wildman–Crippen LogP) is 3.55. The maximum atomic E-state index is 9.12. The van der Waals surface area contributed by atoms with Crippen LogP contribution in [0.2, 0.25) is 0 Å². The van der Waals surface area contributed by atoms with Crippen LogP contribution in [-0.4, -0.2) is 11.7 Å². The second-order valence-electron chi connectivity index (χ2n) is 5.19. The molecule has 2 unspecified atom stereocenters. The van der Waals surface area contributed by atoms with E-state index in [1.807, 2.05) is 0 Å². The van der Waals surface area contributed by atoms with Gasteiger partial charge < -0.3 is 5.11 Å². The van der Waals surface area contributed by atoms with Crippen LogP contribution in [-0.2, 0) is 0 Å². The molecule has 1 N–H and O–H groups in total. The molecule has 0 amide bonds. The topological polar surface area (TPSA) is 20.2 Å². The Balaban J connectivity index is 2.61. The van der Waals surface area contributed by atoms with Gasteiger partial charge in [-0.1, -0.05) is 44.6 Å². The Labute approximate surface area is 93.9 Å². The van der Waals surface area contributed by atoms with Crippen molar-refractivity contribution in [2.45, 2.75) is 40.5 Å². The van der Waals surface area contributed by atoms with Crippen molar-refractivity contribution in [3.8, 4) is 0 Å². The molecule has 0 heterocycles. The van der Waals surface area contributed by atoms with E-state index in [2.05, 4.69) is 45.9 Å². The molecule has 1 aliphatic carbocycles. The van der Waals surface area contributed by atoms with E-state index in [0.29, 0.717) is 17.3 Å². The Hall–Kier alpha value is -0.560. The Bertz CT molecular complexity index is 257. The number of hydrogen-bond acceptors (Lipinski definition) is 1. The monoisotopic (exact) mass is 208 g/mol. The Morgan fingerprint density at radius 3 is 2.67 bits per heavy atom. The summed E-state index contributed by atoms with van der Waals surface area (Å²) in [5.74, 6) is 0.944. The molecule has 0 aromatic carbocycles. The third-order valence-corrected chi connectivity index (χ3v) is 4.00. The minimum Gasteiger partial charge on any atom is -0.396 e. The Morgan fingerprint density at radius 2 is 2.27 bits per heavy atom. The second kappa shape index (κ2) is 4.98. The predicted molar refractivity (Wildman–Crippen MR) is 65.7 cm³/mol. The van der Waals surface area contributed by atoms with Crippen molar-refractivity contribution in [1.29, 1.82) is 0 Å². The molecule has 1 heteroatoms. The van der Waals surface area contributed by atoms with Gasteiger partial charge in [-0.3, -0.25) is 0 Å². The largest absolute Gasteiger partial charge is 0.396 e. The fourth-order valence-electron chi connectivity index (χ4n) is 2.09. The van der Waals surface area contributed by atoms with E-state index in [0.717, 1.165) is 12.8 Å². The highest BCUT2D eigenvalue weighted by atomic mass is 16.3. The van der Waals surface area contributed by atoms with Crippen LogP contribution in [0.3, 0.4) is 0 Å². The summed E-state index contributed by atoms with van der Waals surface area (Å²) in [5.41, 5.74) is 1.79. The molecule has 0 bridgehead atoms. The van der Waals surface area contributed by atoms with Crippen LogP contribution in [0.1, 0.15) is 40.5 Å². The highest BCUT2D eigenvalue weighted by Gasteiger charge is 2.32. The molecule has 15 heavy (non-hydrogen) atoms. The van der Waals surface area contributed by atoms with Crippen molar-refractivity contribution < 1.29 is 5.11 Å². The molecule has 0 saturated heterocycles. The number of aliphatic hydroxyl groups excluding tert-OH is 1. The Morgan fingerprint density at radius 1 is 1.60 bits per heavy atom. The average molecular weight is 208 g/mol. The highest BCUT2D eigenvalue weighted by molar-refractivity contribution is 5.22. The van der Waals surface area contributed by atoms with Crippen molar-refractivity contribution in [3.05, 3.63) is 23.8 Å². The molecule has 0 radical (unpaired) electrons. The summed E-state index contributed by atoms with van der Waals surface area (Å²) in [4.78, 5) is 0. The van der Waals surface area contributed by atoms with Gasteiger partial charge in [0, 0.05) is 6.61 Å². The van der Waals surface area contributed by atoms with Gasteiger partial charge in [0.05, 0.1) is 0 Å². The molecule has 0 saturated carbocycles. The molecule has 0 fully saturated rings. The van der Waals surface area contributed by atoms with Crippen molar-refractivity contribution in [2.75, 3.05) is 6.61 Å². The maximum absolute atomic E-state index is 9.12. The maximum Gasteiger partial charge on any atom is 0.0493 e. The molecule has 1 rings (SSSR count). The standard InChI is InChI=1S/C14H24O/c1-5-12(10-15)7-9-13-8-6-11(2)14(13,3)4/h6-7,9,12-13,15H,5,8,10H2,1-4H3/b9-7+. The summed E-state index contributed by atoms with van der Waals surface area (Å²) >= 11 is 0. The summed E-state index contributed by atoms with van der Waals surface area (Å²) < 4.78 is 0. The molecular formula is C14H24O. The Kier molecular flexibility index (Phi) is 4.15. The SMILES string of the molecule is CCC(/C=C/C1CC=C(C)C1(C)C)CO. The number of hydrogen-bond donors (Lipinski definition) is 1. The number of allylic oxidation sites excluding steroid dienone is 3. The summed E-state index contributed by atoms with van der Waals surface area (Å²) in [6.45, 7) is 9.22. The molecule has 0 aromatic heterocycles. The van der Waals surface area contributed by atoms with Crippen LogP contribution < -0.4 is 0 Å². The first-order valence-corrected chi connectivity index (χ1v) is 5.98. The lowest BCUT2D eigenvalue weighted by Gasteiger charge is -2.27. The van der Waals surface area contributed by atoms with E-state index in [4.69, 9.17) is 5.11 Å². The normalized spacial score (nSPS) is 27.0. The zero-order valence-corrected chi connectivity index (χ0v) is 10.5. The molecule has 0 spiro atoms. The summed E-state index contributed by atoms with van der Waals surface area (Å²) in [5, 5.41) is 9.12. The van der Waals surface area contributed by atoms with E-state index in [-0.39, 0.29) is 6.61 Å². The third-order valence-electron chi connectivity index (χ3n) is 4.00. The van der Waals surface area contributed by atoms with Crippen LogP contribution in [0.5, 0.6) is 0 Å². The smallest absolute Gasteiger partial charge is 0.0493 e. The van der Waals surface area contributed by atoms with Gasteiger partial charge in [-0.2, -0.15) is 0 Å². The highest BCUT2D eigenvalue weighted by Crippen LogP contribution is 2.43. The fourth-order valence-corrected chi connectivity index (χ4v) is 2.09. The van der Waals surface area contributed by atoms with Crippen LogP contribution in [0.15, 0.2) is 23.8 Å². The summed E-state index contributed by atoms with van der Waals surface area (Å²) in [6, 6.07) is 0. The lowest BCUT2D eigenvalue weighted by atomic mass is 9.77. The quantitative estimate of drug-likeness (QED) is 0.700. The minimum absolute atomic E-state index is 0.270. The first-order valence-electron chi connectivity index (χ1n) is 5.98. The van der Waals surface area contributed by atoms with Crippen molar-refractivity contribution in [3.63, 3.8) is 0 Å². The number of rotatable bonds is 4. The molecule has 2 atom stereocenters. The lowest BCUT2D eigenvalue weighted by Crippen LogP contribution is -2.18. The second-order valence-corrected chi connectivity index (χ2v) is 5.19. The van der Waals surface area contributed by atoms with Gasteiger partial charge in [-0.15, -0.1) is 0 Å². The summed E-state index contributed by atoms with van der Waals surface area (Å²) in [7, 11) is 0. The molecule has 86 valence electrons. The van der Waals surface area contributed by atoms with Crippen LogP contribution in [0.25, 0.3) is 0 Å². The van der Waals surface area contributed by atoms with Gasteiger partial charge in [-0.25, -0.2) is 0 Å². The zero-order valence-electron chi connectivity index (χ0n) is 10.5. The van der Waals surface area contributed by atoms with E-state index < -0.39 is 0 Å². The first-order chi connectivity index (χ1) is 7.02. The average Bonchev–Trinajstić information content (AvgIpc) is 2.45. The van der Waals surface area contributed by atoms with E-state index >= 15 is 0 Å². The van der Waals surface area contributed by atoms with Gasteiger partial charge in [0.2, 0.25) is 0 Å². The van der Waals surface area contributed by atoms with Crippen molar-refractivity contribution >= 4 is 0 Å². The van der Waals surface area contributed by atoms with Gasteiger partial charge in [0.25, 0.3) is 0 Å². The van der Waals surface area contributed by atoms with E-state index in [1.165, 1.54) is 5.57 Å². The van der Waals surface area contributed by atoms with Gasteiger partial charge in [-0.05, 0) is 37.0 Å². The molecule has 0 aromatic rings. The van der Waals surface area contributed by atoms with Crippen molar-refractivity contribution in [2.24, 2.45) is 17.3 Å². The molecular weight excluding hydrogens is 184 g/mol.